The fraction of sp³-hybridized carbons (Fsp3) is 0.273. The molecular weight excluding hydrogens is 377 g/mol. The molecule has 0 atom stereocenters. The average molecular weight is 399 g/mol. The molecule has 0 aliphatic heterocycles. The van der Waals surface area contributed by atoms with Crippen LogP contribution in [0.5, 0.6) is 0 Å². The van der Waals surface area contributed by atoms with Crippen LogP contribution in [0.1, 0.15) is 28.6 Å². The first-order chi connectivity index (χ1) is 14.1. The Morgan fingerprint density at radius 2 is 1.86 bits per heavy atom. The van der Waals surface area contributed by atoms with Crippen LogP contribution in [0.4, 0.5) is 4.39 Å². The van der Waals surface area contributed by atoms with Crippen molar-refractivity contribution >= 4 is 22.8 Å². The summed E-state index contributed by atoms with van der Waals surface area (Å²) < 4.78 is 29.0. The van der Waals surface area contributed by atoms with Crippen molar-refractivity contribution < 1.29 is 27.9 Å². The molecule has 0 spiro atoms. The number of carbonyl (C=O) groups excluding carboxylic acids is 2. The van der Waals surface area contributed by atoms with E-state index in [-0.39, 0.29) is 18.2 Å². The third-order valence-corrected chi connectivity index (χ3v) is 4.32. The number of halogens is 1. The highest BCUT2D eigenvalue weighted by atomic mass is 19.1. The smallest absolute Gasteiger partial charge is 0.375 e. The number of ether oxygens (including phenoxy) is 2. The van der Waals surface area contributed by atoms with E-state index < -0.39 is 18.5 Å². The van der Waals surface area contributed by atoms with Crippen LogP contribution >= 0.6 is 0 Å². The van der Waals surface area contributed by atoms with Crippen LogP contribution in [0.3, 0.4) is 0 Å². The number of furan rings is 1. The second-order valence-electron chi connectivity index (χ2n) is 6.35. The van der Waals surface area contributed by atoms with E-state index in [1.807, 2.05) is 19.1 Å². The topological polar surface area (TPSA) is 77.8 Å². The van der Waals surface area contributed by atoms with Crippen molar-refractivity contribution in [2.45, 2.75) is 20.0 Å². The predicted molar refractivity (Wildman–Crippen MR) is 105 cm³/mol. The van der Waals surface area contributed by atoms with Gasteiger partial charge in [0.1, 0.15) is 11.4 Å². The lowest BCUT2D eigenvalue weighted by atomic mass is 10.1. The van der Waals surface area contributed by atoms with Crippen molar-refractivity contribution in [2.24, 2.45) is 0 Å². The van der Waals surface area contributed by atoms with Gasteiger partial charge < -0.3 is 19.2 Å². The van der Waals surface area contributed by atoms with Crippen LogP contribution in [-0.2, 0) is 27.3 Å². The summed E-state index contributed by atoms with van der Waals surface area (Å²) in [5, 5.41) is 3.44. The van der Waals surface area contributed by atoms with Crippen molar-refractivity contribution in [3.8, 4) is 0 Å². The van der Waals surface area contributed by atoms with Crippen LogP contribution < -0.4 is 5.32 Å². The molecule has 29 heavy (non-hydrogen) atoms. The number of benzene rings is 2. The molecule has 0 aliphatic carbocycles. The first-order valence-electron chi connectivity index (χ1n) is 9.35. The third-order valence-electron chi connectivity index (χ3n) is 4.32. The Morgan fingerprint density at radius 1 is 1.10 bits per heavy atom. The SMILES string of the molecule is CCOCc1c(C(=O)OCC(=O)NCCc2ccc(F)cc2)oc2ccccc12. The van der Waals surface area contributed by atoms with E-state index in [1.165, 1.54) is 12.1 Å². The second kappa shape index (κ2) is 9.84. The van der Waals surface area contributed by atoms with Crippen molar-refractivity contribution in [2.75, 3.05) is 19.8 Å². The van der Waals surface area contributed by atoms with E-state index in [2.05, 4.69) is 5.32 Å². The molecule has 7 heteroatoms. The highest BCUT2D eigenvalue weighted by molar-refractivity contribution is 5.96. The quantitative estimate of drug-likeness (QED) is 0.556. The van der Waals surface area contributed by atoms with E-state index in [0.29, 0.717) is 30.7 Å². The minimum absolute atomic E-state index is 0.0405. The molecule has 0 saturated carbocycles. The minimum atomic E-state index is -0.718. The maximum Gasteiger partial charge on any atom is 0.375 e. The molecule has 0 bridgehead atoms. The molecule has 0 saturated heterocycles. The normalized spacial score (nSPS) is 10.8. The lowest BCUT2D eigenvalue weighted by Crippen LogP contribution is -2.30. The maximum absolute atomic E-state index is 12.9. The van der Waals surface area contributed by atoms with Gasteiger partial charge in [-0.1, -0.05) is 30.3 Å². The summed E-state index contributed by atoms with van der Waals surface area (Å²) in [6, 6.07) is 13.3. The molecule has 1 amide bonds. The molecule has 0 radical (unpaired) electrons. The minimum Gasteiger partial charge on any atom is -0.450 e. The van der Waals surface area contributed by atoms with Gasteiger partial charge in [0.25, 0.3) is 5.91 Å². The summed E-state index contributed by atoms with van der Waals surface area (Å²) in [6.45, 7) is 2.48. The number of carbonyl (C=O) groups is 2. The molecule has 0 unspecified atom stereocenters. The standard InChI is InChI=1S/C22H22FNO5/c1-2-27-13-18-17-5-3-4-6-19(17)29-21(18)22(26)28-14-20(25)24-12-11-15-7-9-16(23)10-8-15/h3-10H,2,11-14H2,1H3,(H,24,25). The van der Waals surface area contributed by atoms with Gasteiger partial charge in [-0.25, -0.2) is 9.18 Å². The van der Waals surface area contributed by atoms with Gasteiger partial charge in [-0.15, -0.1) is 0 Å². The molecule has 0 aliphatic rings. The van der Waals surface area contributed by atoms with Crippen molar-refractivity contribution in [3.63, 3.8) is 0 Å². The molecule has 152 valence electrons. The molecule has 0 fully saturated rings. The zero-order chi connectivity index (χ0) is 20.6. The molecule has 6 nitrogen and oxygen atoms in total. The Bertz CT molecular complexity index is 981. The number of esters is 1. The third kappa shape index (κ3) is 5.42. The van der Waals surface area contributed by atoms with Crippen LogP contribution in [-0.4, -0.2) is 31.6 Å². The van der Waals surface area contributed by atoms with Gasteiger partial charge >= 0.3 is 5.97 Å². The highest BCUT2D eigenvalue weighted by Crippen LogP contribution is 2.27. The Kier molecular flexibility index (Phi) is 6.97. The number of fused-ring (bicyclic) bond motifs is 1. The van der Waals surface area contributed by atoms with E-state index in [0.717, 1.165) is 10.9 Å². The fourth-order valence-electron chi connectivity index (χ4n) is 2.86. The summed E-state index contributed by atoms with van der Waals surface area (Å²) in [7, 11) is 0. The maximum atomic E-state index is 12.9. The number of amides is 1. The lowest BCUT2D eigenvalue weighted by Gasteiger charge is -2.07. The van der Waals surface area contributed by atoms with E-state index in [4.69, 9.17) is 13.9 Å². The summed E-state index contributed by atoms with van der Waals surface area (Å²) in [4.78, 5) is 24.4. The van der Waals surface area contributed by atoms with E-state index in [9.17, 15) is 14.0 Å². The van der Waals surface area contributed by atoms with Gasteiger partial charge in [-0.3, -0.25) is 4.79 Å². The first kappa shape index (κ1) is 20.5. The zero-order valence-electron chi connectivity index (χ0n) is 16.1. The first-order valence-corrected chi connectivity index (χ1v) is 9.35. The number of nitrogens with one attached hydrogen (secondary N) is 1. The van der Waals surface area contributed by atoms with Crippen LogP contribution in [0.25, 0.3) is 11.0 Å². The molecule has 3 rings (SSSR count). The number of hydrogen-bond acceptors (Lipinski definition) is 5. The van der Waals surface area contributed by atoms with Gasteiger partial charge in [0, 0.05) is 24.1 Å². The Morgan fingerprint density at radius 3 is 2.62 bits per heavy atom. The fourth-order valence-corrected chi connectivity index (χ4v) is 2.86. The molecule has 1 N–H and O–H groups in total. The van der Waals surface area contributed by atoms with Crippen LogP contribution in [0.15, 0.2) is 52.9 Å². The van der Waals surface area contributed by atoms with Gasteiger partial charge in [0.05, 0.1) is 6.61 Å². The van der Waals surface area contributed by atoms with Crippen molar-refractivity contribution in [1.82, 2.24) is 5.32 Å². The Balaban J connectivity index is 1.54. The summed E-state index contributed by atoms with van der Waals surface area (Å²) in [5.74, 6) is -1.41. The monoisotopic (exact) mass is 399 g/mol. The summed E-state index contributed by atoms with van der Waals surface area (Å²) in [6.07, 6.45) is 0.544. The predicted octanol–water partition coefficient (Wildman–Crippen LogP) is 3.62. The van der Waals surface area contributed by atoms with Gasteiger partial charge in [-0.05, 0) is 37.1 Å². The van der Waals surface area contributed by atoms with Crippen LogP contribution in [0, 0.1) is 5.82 Å². The number of para-hydroxylation sites is 1. The van der Waals surface area contributed by atoms with E-state index >= 15 is 0 Å². The molecule has 1 aromatic heterocycles. The van der Waals surface area contributed by atoms with Crippen LogP contribution in [0.2, 0.25) is 0 Å². The largest absolute Gasteiger partial charge is 0.450 e. The number of hydrogen-bond donors (Lipinski definition) is 1. The molecule has 3 aromatic rings. The second-order valence-corrected chi connectivity index (χ2v) is 6.35. The highest BCUT2D eigenvalue weighted by Gasteiger charge is 2.22. The molecule has 1 heterocycles. The van der Waals surface area contributed by atoms with E-state index in [1.54, 1.807) is 24.3 Å². The molecular formula is C22H22FNO5. The molecule has 2 aromatic carbocycles. The van der Waals surface area contributed by atoms with Gasteiger partial charge in [0.2, 0.25) is 5.76 Å². The van der Waals surface area contributed by atoms with Gasteiger partial charge in [-0.2, -0.15) is 0 Å². The van der Waals surface area contributed by atoms with Crippen molar-refractivity contribution in [1.29, 1.82) is 0 Å². The summed E-state index contributed by atoms with van der Waals surface area (Å²) in [5.41, 5.74) is 2.05. The number of rotatable bonds is 9. The zero-order valence-corrected chi connectivity index (χ0v) is 16.1. The Labute approximate surface area is 167 Å². The van der Waals surface area contributed by atoms with Crippen molar-refractivity contribution in [3.05, 3.63) is 71.2 Å². The summed E-state index contributed by atoms with van der Waals surface area (Å²) >= 11 is 0. The lowest BCUT2D eigenvalue weighted by molar-refractivity contribution is -0.124. The van der Waals surface area contributed by atoms with Gasteiger partial charge in [0.15, 0.2) is 6.61 Å². The average Bonchev–Trinajstić information content (AvgIpc) is 3.10. The Hall–Kier alpha value is -3.19.